The number of hydrogen-bond donors (Lipinski definition) is 0. The van der Waals surface area contributed by atoms with Crippen molar-refractivity contribution in [2.24, 2.45) is 5.92 Å². The Kier molecular flexibility index (Phi) is 7.44. The molecule has 1 aromatic heterocycles. The van der Waals surface area contributed by atoms with Crippen LogP contribution in [0.4, 0.5) is 0 Å². The van der Waals surface area contributed by atoms with Crippen LogP contribution in [0.15, 0.2) is 6.07 Å². The molecular weight excluding hydrogens is 300 g/mol. The van der Waals surface area contributed by atoms with Crippen LogP contribution in [-0.4, -0.2) is 36.1 Å². The maximum absolute atomic E-state index is 12.4. The highest BCUT2D eigenvalue weighted by Crippen LogP contribution is 2.29. The maximum Gasteiger partial charge on any atom is 0.324 e. The topological polar surface area (TPSA) is 87.6 Å². The Hall–Kier alpha value is -2.18. The van der Waals surface area contributed by atoms with Crippen molar-refractivity contribution in [3.05, 3.63) is 11.9 Å². The lowest BCUT2D eigenvalue weighted by Gasteiger charge is -2.20. The fraction of sp³-hybridized carbons (Fsp3) is 0.625. The molecule has 0 bridgehead atoms. The fourth-order valence-electron chi connectivity index (χ4n) is 2.03. The first-order chi connectivity index (χ1) is 11.0. The molecule has 1 heterocycles. The predicted octanol–water partition coefficient (Wildman–Crippen LogP) is 2.49. The van der Waals surface area contributed by atoms with E-state index < -0.39 is 17.9 Å². The molecule has 0 aromatic carbocycles. The van der Waals surface area contributed by atoms with Gasteiger partial charge in [0, 0.05) is 6.42 Å². The number of rotatable bonds is 8. The van der Waals surface area contributed by atoms with Gasteiger partial charge in [0.1, 0.15) is 5.92 Å². The molecule has 7 heteroatoms. The van der Waals surface area contributed by atoms with E-state index in [-0.39, 0.29) is 29.9 Å². The summed E-state index contributed by atoms with van der Waals surface area (Å²) in [5, 5.41) is 0. The molecule has 0 radical (unpaired) electrons. The van der Waals surface area contributed by atoms with E-state index in [1.54, 1.807) is 0 Å². The van der Waals surface area contributed by atoms with Gasteiger partial charge >= 0.3 is 11.9 Å². The van der Waals surface area contributed by atoms with Crippen molar-refractivity contribution in [1.82, 2.24) is 9.97 Å². The third-order valence-electron chi connectivity index (χ3n) is 3.53. The van der Waals surface area contributed by atoms with Crippen LogP contribution >= 0.6 is 0 Å². The van der Waals surface area contributed by atoms with Crippen molar-refractivity contribution in [3.8, 4) is 11.8 Å². The van der Waals surface area contributed by atoms with Gasteiger partial charge < -0.3 is 14.2 Å². The molecule has 0 spiro atoms. The molecule has 0 N–H and O–H groups in total. The van der Waals surface area contributed by atoms with Crippen molar-refractivity contribution < 1.29 is 23.8 Å². The van der Waals surface area contributed by atoms with E-state index in [9.17, 15) is 9.59 Å². The lowest BCUT2D eigenvalue weighted by molar-refractivity contribution is -0.161. The van der Waals surface area contributed by atoms with Gasteiger partial charge in [-0.05, 0) is 12.3 Å². The third-order valence-corrected chi connectivity index (χ3v) is 3.53. The van der Waals surface area contributed by atoms with Gasteiger partial charge in [-0.2, -0.15) is 9.97 Å². The number of ether oxygens (including phenoxy) is 3. The summed E-state index contributed by atoms with van der Waals surface area (Å²) < 4.78 is 15.2. The molecule has 0 aliphatic heterocycles. The summed E-state index contributed by atoms with van der Waals surface area (Å²) in [7, 11) is 2.93. The molecule has 1 aromatic rings. The molecular formula is C16H24N2O5. The highest BCUT2D eigenvalue weighted by molar-refractivity contribution is 5.89. The Morgan fingerprint density at radius 3 is 2.13 bits per heavy atom. The van der Waals surface area contributed by atoms with Gasteiger partial charge in [0.05, 0.1) is 20.3 Å². The van der Waals surface area contributed by atoms with Gasteiger partial charge in [-0.1, -0.05) is 27.2 Å². The Balaban J connectivity index is 3.16. The van der Waals surface area contributed by atoms with Gasteiger partial charge in [-0.15, -0.1) is 0 Å². The number of aromatic nitrogens is 2. The minimum absolute atomic E-state index is 0.103. The number of carbonyl (C=O) groups excluding carboxylic acids is 2. The van der Waals surface area contributed by atoms with Crippen molar-refractivity contribution >= 4 is 11.9 Å². The van der Waals surface area contributed by atoms with Crippen LogP contribution in [0, 0.1) is 5.92 Å². The van der Waals surface area contributed by atoms with Gasteiger partial charge in [-0.3, -0.25) is 9.59 Å². The molecule has 1 rings (SSSR count). The average molecular weight is 324 g/mol. The van der Waals surface area contributed by atoms with E-state index in [0.29, 0.717) is 12.8 Å². The number of hydrogen-bond acceptors (Lipinski definition) is 7. The lowest BCUT2D eigenvalue weighted by Crippen LogP contribution is -2.26. The molecule has 23 heavy (non-hydrogen) atoms. The Labute approximate surface area is 136 Å². The highest BCUT2D eigenvalue weighted by Gasteiger charge is 2.32. The zero-order valence-electron chi connectivity index (χ0n) is 14.3. The van der Waals surface area contributed by atoms with Crippen LogP contribution in [0.3, 0.4) is 0 Å². The summed E-state index contributed by atoms with van der Waals surface area (Å²) >= 11 is 0. The zero-order valence-corrected chi connectivity index (χ0v) is 14.3. The van der Waals surface area contributed by atoms with Crippen molar-refractivity contribution in [1.29, 1.82) is 0 Å². The van der Waals surface area contributed by atoms with Crippen molar-refractivity contribution in [2.45, 2.75) is 46.0 Å². The first-order valence-corrected chi connectivity index (χ1v) is 7.68. The van der Waals surface area contributed by atoms with Gasteiger partial charge in [0.15, 0.2) is 5.82 Å². The number of esters is 2. The Morgan fingerprint density at radius 1 is 1.13 bits per heavy atom. The predicted molar refractivity (Wildman–Crippen MR) is 83.3 cm³/mol. The fourth-order valence-corrected chi connectivity index (χ4v) is 2.03. The summed E-state index contributed by atoms with van der Waals surface area (Å²) in [5.41, 5.74) is 0. The Bertz CT molecular complexity index is 525. The smallest absolute Gasteiger partial charge is 0.324 e. The molecule has 128 valence electrons. The normalized spacial score (nSPS) is 13.1. The van der Waals surface area contributed by atoms with Crippen LogP contribution in [0.2, 0.25) is 0 Å². The molecule has 0 fully saturated rings. The Morgan fingerprint density at radius 2 is 1.70 bits per heavy atom. The summed E-state index contributed by atoms with van der Waals surface area (Å²) in [4.78, 5) is 32.5. The standard InChI is InChI=1S/C16H24N2O5/c1-6-8-13(19)23-16(20)14(10(3)7-2)15-17-11(21-4)9-12(18-15)22-5/h9-10,14H,6-8H2,1-5H3. The first-order valence-electron chi connectivity index (χ1n) is 7.68. The largest absolute Gasteiger partial charge is 0.481 e. The molecule has 7 nitrogen and oxygen atoms in total. The molecule has 0 aliphatic carbocycles. The number of methoxy groups -OCH3 is 2. The van der Waals surface area contributed by atoms with E-state index in [0.717, 1.165) is 0 Å². The zero-order chi connectivity index (χ0) is 17.4. The van der Waals surface area contributed by atoms with Crippen LogP contribution in [0.5, 0.6) is 11.8 Å². The van der Waals surface area contributed by atoms with E-state index in [4.69, 9.17) is 14.2 Å². The maximum atomic E-state index is 12.4. The quantitative estimate of drug-likeness (QED) is 0.536. The van der Waals surface area contributed by atoms with Crippen LogP contribution < -0.4 is 9.47 Å². The molecule has 0 aliphatic rings. The van der Waals surface area contributed by atoms with Gasteiger partial charge in [0.25, 0.3) is 0 Å². The van der Waals surface area contributed by atoms with E-state index in [2.05, 4.69) is 9.97 Å². The summed E-state index contributed by atoms with van der Waals surface area (Å²) in [5.74, 6) is -1.25. The second kappa shape index (κ2) is 9.07. The minimum atomic E-state index is -0.759. The summed E-state index contributed by atoms with van der Waals surface area (Å²) in [6.07, 6.45) is 1.51. The highest BCUT2D eigenvalue weighted by atomic mass is 16.6. The number of carbonyl (C=O) groups is 2. The average Bonchev–Trinajstić information content (AvgIpc) is 2.54. The van der Waals surface area contributed by atoms with E-state index >= 15 is 0 Å². The van der Waals surface area contributed by atoms with Crippen molar-refractivity contribution in [2.75, 3.05) is 14.2 Å². The molecule has 2 unspecified atom stereocenters. The molecule has 2 atom stereocenters. The van der Waals surface area contributed by atoms with Crippen LogP contribution in [0.25, 0.3) is 0 Å². The van der Waals surface area contributed by atoms with E-state index in [1.165, 1.54) is 20.3 Å². The molecule has 0 amide bonds. The lowest BCUT2D eigenvalue weighted by atomic mass is 9.91. The SMILES string of the molecule is CCCC(=O)OC(=O)C(c1nc(OC)cc(OC)n1)C(C)CC. The van der Waals surface area contributed by atoms with Gasteiger partial charge in [-0.25, -0.2) is 0 Å². The van der Waals surface area contributed by atoms with Crippen molar-refractivity contribution in [3.63, 3.8) is 0 Å². The number of nitrogens with zero attached hydrogens (tertiary/aromatic N) is 2. The second-order valence-electron chi connectivity index (χ2n) is 5.22. The summed E-state index contributed by atoms with van der Waals surface area (Å²) in [6, 6.07) is 1.52. The van der Waals surface area contributed by atoms with E-state index in [1.807, 2.05) is 20.8 Å². The van der Waals surface area contributed by atoms with Gasteiger partial charge in [0.2, 0.25) is 11.8 Å². The monoisotopic (exact) mass is 324 g/mol. The second-order valence-corrected chi connectivity index (χ2v) is 5.22. The minimum Gasteiger partial charge on any atom is -0.481 e. The van der Waals surface area contributed by atoms with Crippen LogP contribution in [0.1, 0.15) is 51.8 Å². The summed E-state index contributed by atoms with van der Waals surface area (Å²) in [6.45, 7) is 5.66. The third kappa shape index (κ3) is 5.19. The molecule has 0 saturated heterocycles. The molecule has 0 saturated carbocycles. The first kappa shape index (κ1) is 18.9. The van der Waals surface area contributed by atoms with Crippen LogP contribution in [-0.2, 0) is 14.3 Å².